The lowest BCUT2D eigenvalue weighted by Crippen LogP contribution is -2.54. The zero-order valence-corrected chi connectivity index (χ0v) is 9.78. The molecule has 2 bridgehead atoms. The van der Waals surface area contributed by atoms with Crippen LogP contribution in [0.1, 0.15) is 25.7 Å². The minimum atomic E-state index is 0.890. The van der Waals surface area contributed by atoms with Crippen molar-refractivity contribution in [1.29, 1.82) is 0 Å². The third kappa shape index (κ3) is 1.81. The van der Waals surface area contributed by atoms with E-state index >= 15 is 0 Å². The number of piperidine rings is 1. The fourth-order valence-corrected chi connectivity index (χ4v) is 3.73. The van der Waals surface area contributed by atoms with E-state index in [4.69, 9.17) is 0 Å². The molecule has 0 saturated carbocycles. The summed E-state index contributed by atoms with van der Waals surface area (Å²) in [6.45, 7) is 4.94. The summed E-state index contributed by atoms with van der Waals surface area (Å²) in [6, 6.07) is 2.67. The van der Waals surface area contributed by atoms with Crippen LogP contribution >= 0.6 is 0 Å². The van der Waals surface area contributed by atoms with E-state index in [2.05, 4.69) is 22.2 Å². The van der Waals surface area contributed by atoms with E-state index in [-0.39, 0.29) is 0 Å². The molecule has 0 radical (unpaired) electrons. The summed E-state index contributed by atoms with van der Waals surface area (Å²) in [5.41, 5.74) is 0. The van der Waals surface area contributed by atoms with Gasteiger partial charge in [-0.2, -0.15) is 0 Å². The minimum absolute atomic E-state index is 0.890. The van der Waals surface area contributed by atoms with Crippen molar-refractivity contribution >= 4 is 0 Å². The topological polar surface area (TPSA) is 18.5 Å². The molecule has 3 fully saturated rings. The second-order valence-corrected chi connectivity index (χ2v) is 5.46. The van der Waals surface area contributed by atoms with Crippen LogP contribution in [0.3, 0.4) is 0 Å². The standard InChI is InChI=1S/C12H23N3/c1-14-10-2-3-11(14)9-12(8-10)15-6-4-13-5-7-15/h10-13H,2-9H2,1H3/t10-,11-/m0/s1. The van der Waals surface area contributed by atoms with Crippen LogP contribution < -0.4 is 5.32 Å². The van der Waals surface area contributed by atoms with Crippen LogP contribution in [0.15, 0.2) is 0 Å². The third-order valence-corrected chi connectivity index (χ3v) is 4.74. The molecule has 2 atom stereocenters. The van der Waals surface area contributed by atoms with Crippen molar-refractivity contribution in [2.24, 2.45) is 0 Å². The van der Waals surface area contributed by atoms with E-state index in [9.17, 15) is 0 Å². The summed E-state index contributed by atoms with van der Waals surface area (Å²) in [5, 5.41) is 3.45. The van der Waals surface area contributed by atoms with E-state index in [1.807, 2.05) is 0 Å². The second-order valence-electron chi connectivity index (χ2n) is 5.46. The SMILES string of the molecule is CN1[C@H]2CC[C@H]1CC(N1CCNCC1)C2. The Morgan fingerprint density at radius 1 is 0.933 bits per heavy atom. The number of piperazine rings is 1. The van der Waals surface area contributed by atoms with E-state index < -0.39 is 0 Å². The van der Waals surface area contributed by atoms with Crippen molar-refractivity contribution in [2.75, 3.05) is 33.2 Å². The number of fused-ring (bicyclic) bond motifs is 2. The molecule has 3 saturated heterocycles. The lowest BCUT2D eigenvalue weighted by molar-refractivity contribution is 0.0680. The lowest BCUT2D eigenvalue weighted by atomic mass is 9.96. The van der Waals surface area contributed by atoms with E-state index in [1.54, 1.807) is 0 Å². The number of nitrogens with zero attached hydrogens (tertiary/aromatic N) is 2. The maximum atomic E-state index is 3.45. The molecule has 0 aromatic rings. The van der Waals surface area contributed by atoms with Gasteiger partial charge < -0.3 is 10.2 Å². The summed E-state index contributed by atoms with van der Waals surface area (Å²) < 4.78 is 0. The van der Waals surface area contributed by atoms with Gasteiger partial charge in [-0.1, -0.05) is 0 Å². The van der Waals surface area contributed by atoms with Crippen LogP contribution in [0, 0.1) is 0 Å². The number of hydrogen-bond donors (Lipinski definition) is 1. The summed E-state index contributed by atoms with van der Waals surface area (Å²) in [6.07, 6.45) is 5.74. The Labute approximate surface area is 92.8 Å². The molecular weight excluding hydrogens is 186 g/mol. The number of nitrogens with one attached hydrogen (secondary N) is 1. The molecule has 3 heteroatoms. The number of rotatable bonds is 1. The highest BCUT2D eigenvalue weighted by Gasteiger charge is 2.40. The number of hydrogen-bond acceptors (Lipinski definition) is 3. The molecule has 0 spiro atoms. The fourth-order valence-electron chi connectivity index (χ4n) is 3.73. The van der Waals surface area contributed by atoms with E-state index in [0.29, 0.717) is 0 Å². The molecule has 0 unspecified atom stereocenters. The van der Waals surface area contributed by atoms with Gasteiger partial charge in [-0.15, -0.1) is 0 Å². The van der Waals surface area contributed by atoms with Crippen LogP contribution in [0.5, 0.6) is 0 Å². The first-order chi connectivity index (χ1) is 7.34. The van der Waals surface area contributed by atoms with Crippen molar-refractivity contribution in [3.8, 4) is 0 Å². The largest absolute Gasteiger partial charge is 0.314 e. The predicted octanol–water partition coefficient (Wildman–Crippen LogP) is 0.517. The van der Waals surface area contributed by atoms with Gasteiger partial charge in [0.25, 0.3) is 0 Å². The Balaban J connectivity index is 1.64. The molecule has 0 amide bonds. The molecule has 1 N–H and O–H groups in total. The first kappa shape index (κ1) is 10.1. The van der Waals surface area contributed by atoms with Crippen LogP contribution in [-0.4, -0.2) is 61.2 Å². The highest BCUT2D eigenvalue weighted by molar-refractivity contribution is 4.97. The first-order valence-corrected chi connectivity index (χ1v) is 6.51. The van der Waals surface area contributed by atoms with Crippen molar-refractivity contribution in [2.45, 2.75) is 43.8 Å². The summed E-state index contributed by atoms with van der Waals surface area (Å²) >= 11 is 0. The van der Waals surface area contributed by atoms with Crippen LogP contribution in [0.2, 0.25) is 0 Å². The molecule has 15 heavy (non-hydrogen) atoms. The molecule has 86 valence electrons. The van der Waals surface area contributed by atoms with Gasteiger partial charge in [-0.25, -0.2) is 0 Å². The molecule has 3 heterocycles. The predicted molar refractivity (Wildman–Crippen MR) is 62.0 cm³/mol. The molecule has 3 rings (SSSR count). The van der Waals surface area contributed by atoms with Gasteiger partial charge in [-0.05, 0) is 32.7 Å². The second kappa shape index (κ2) is 4.04. The maximum absolute atomic E-state index is 3.45. The van der Waals surface area contributed by atoms with Crippen molar-refractivity contribution < 1.29 is 0 Å². The molecule has 0 aromatic carbocycles. The quantitative estimate of drug-likeness (QED) is 0.679. The lowest BCUT2D eigenvalue weighted by Gasteiger charge is -2.43. The zero-order chi connectivity index (χ0) is 10.3. The third-order valence-electron chi connectivity index (χ3n) is 4.74. The Bertz CT molecular complexity index is 211. The summed E-state index contributed by atoms with van der Waals surface area (Å²) in [5.74, 6) is 0. The summed E-state index contributed by atoms with van der Waals surface area (Å²) in [4.78, 5) is 5.37. The zero-order valence-electron chi connectivity index (χ0n) is 9.78. The van der Waals surface area contributed by atoms with E-state index in [1.165, 1.54) is 51.9 Å². The normalized spacial score (nSPS) is 43.4. The van der Waals surface area contributed by atoms with Gasteiger partial charge in [0, 0.05) is 44.3 Å². The van der Waals surface area contributed by atoms with Gasteiger partial charge in [0.05, 0.1) is 0 Å². The van der Waals surface area contributed by atoms with Crippen LogP contribution in [-0.2, 0) is 0 Å². The van der Waals surface area contributed by atoms with Gasteiger partial charge in [0.1, 0.15) is 0 Å². The first-order valence-electron chi connectivity index (χ1n) is 6.51. The average Bonchev–Trinajstić information content (AvgIpc) is 2.54. The van der Waals surface area contributed by atoms with Crippen molar-refractivity contribution in [3.63, 3.8) is 0 Å². The van der Waals surface area contributed by atoms with Crippen LogP contribution in [0.4, 0.5) is 0 Å². The Hall–Kier alpha value is -0.120. The fraction of sp³-hybridized carbons (Fsp3) is 1.00. The summed E-state index contributed by atoms with van der Waals surface area (Å²) in [7, 11) is 2.33. The molecule has 0 aliphatic carbocycles. The Kier molecular flexibility index (Phi) is 2.71. The smallest absolute Gasteiger partial charge is 0.0126 e. The highest BCUT2D eigenvalue weighted by atomic mass is 15.3. The molecule has 0 aromatic heterocycles. The van der Waals surface area contributed by atoms with Gasteiger partial charge in [0.2, 0.25) is 0 Å². The van der Waals surface area contributed by atoms with Gasteiger partial charge in [0.15, 0.2) is 0 Å². The van der Waals surface area contributed by atoms with Crippen molar-refractivity contribution in [1.82, 2.24) is 15.1 Å². The Morgan fingerprint density at radius 3 is 2.13 bits per heavy atom. The maximum Gasteiger partial charge on any atom is 0.0126 e. The molecule has 3 aliphatic heterocycles. The molecular formula is C12H23N3. The average molecular weight is 209 g/mol. The van der Waals surface area contributed by atoms with Gasteiger partial charge >= 0.3 is 0 Å². The minimum Gasteiger partial charge on any atom is -0.314 e. The monoisotopic (exact) mass is 209 g/mol. The van der Waals surface area contributed by atoms with Crippen LogP contribution in [0.25, 0.3) is 0 Å². The molecule has 3 aliphatic rings. The van der Waals surface area contributed by atoms with E-state index in [0.717, 1.165) is 18.1 Å². The van der Waals surface area contributed by atoms with Gasteiger partial charge in [-0.3, -0.25) is 4.90 Å². The van der Waals surface area contributed by atoms with Crippen molar-refractivity contribution in [3.05, 3.63) is 0 Å². The highest BCUT2D eigenvalue weighted by Crippen LogP contribution is 2.36. The molecule has 3 nitrogen and oxygen atoms in total. The Morgan fingerprint density at radius 2 is 1.53 bits per heavy atom.